The number of nitrogens with zero attached hydrogens (tertiary/aromatic N) is 1. The van der Waals surface area contributed by atoms with Crippen LogP contribution in [0.1, 0.15) is 34.3 Å². The van der Waals surface area contributed by atoms with Crippen LogP contribution < -0.4 is 16.0 Å². The third kappa shape index (κ3) is 3.30. The molecule has 2 aromatic carbocycles. The van der Waals surface area contributed by atoms with Gasteiger partial charge in [-0.1, -0.05) is 30.3 Å². The van der Waals surface area contributed by atoms with Gasteiger partial charge < -0.3 is 16.0 Å². The summed E-state index contributed by atoms with van der Waals surface area (Å²) in [6, 6.07) is 13.4. The highest BCUT2D eigenvalue weighted by Crippen LogP contribution is 2.39. The van der Waals surface area contributed by atoms with Crippen LogP contribution in [-0.4, -0.2) is 42.2 Å². The molecule has 0 saturated carbocycles. The smallest absolute Gasteiger partial charge is 0.325 e. The summed E-state index contributed by atoms with van der Waals surface area (Å²) >= 11 is 0. The van der Waals surface area contributed by atoms with Crippen LogP contribution in [0.25, 0.3) is 0 Å². The van der Waals surface area contributed by atoms with Crippen LogP contribution in [0, 0.1) is 0 Å². The molecule has 5 amide bonds. The molecule has 0 unspecified atom stereocenters. The number of rotatable bonds is 4. The molecule has 1 saturated heterocycles. The molecule has 1 aliphatic carbocycles. The van der Waals surface area contributed by atoms with E-state index in [1.54, 1.807) is 18.2 Å². The number of anilines is 1. The molecule has 0 radical (unpaired) electrons. The van der Waals surface area contributed by atoms with Crippen LogP contribution >= 0.6 is 0 Å². The van der Waals surface area contributed by atoms with E-state index in [1.165, 1.54) is 13.1 Å². The maximum absolute atomic E-state index is 13.2. The largest absolute Gasteiger partial charge is 0.355 e. The van der Waals surface area contributed by atoms with Crippen molar-refractivity contribution in [2.24, 2.45) is 0 Å². The van der Waals surface area contributed by atoms with Gasteiger partial charge in [-0.2, -0.15) is 0 Å². The van der Waals surface area contributed by atoms with Crippen LogP contribution in [0.2, 0.25) is 0 Å². The van der Waals surface area contributed by atoms with Crippen LogP contribution in [-0.2, 0) is 21.5 Å². The van der Waals surface area contributed by atoms with Crippen molar-refractivity contribution in [2.75, 3.05) is 18.9 Å². The summed E-state index contributed by atoms with van der Waals surface area (Å²) in [4.78, 5) is 51.1. The van der Waals surface area contributed by atoms with E-state index in [0.29, 0.717) is 17.7 Å². The van der Waals surface area contributed by atoms with Gasteiger partial charge in [-0.25, -0.2) is 4.79 Å². The fraction of sp³-hybridized carbons (Fsp3) is 0.273. The Bertz CT molecular complexity index is 1050. The molecule has 4 rings (SSSR count). The first-order chi connectivity index (χ1) is 14.4. The topological polar surface area (TPSA) is 108 Å². The van der Waals surface area contributed by atoms with Crippen molar-refractivity contribution in [3.05, 3.63) is 65.2 Å². The van der Waals surface area contributed by atoms with Crippen molar-refractivity contribution < 1.29 is 19.2 Å². The minimum Gasteiger partial charge on any atom is -0.355 e. The average molecular weight is 406 g/mol. The third-order valence-corrected chi connectivity index (χ3v) is 5.59. The van der Waals surface area contributed by atoms with Crippen molar-refractivity contribution in [1.82, 2.24) is 15.5 Å². The first-order valence-corrected chi connectivity index (χ1v) is 9.79. The summed E-state index contributed by atoms with van der Waals surface area (Å²) in [6.45, 7) is -0.404. The standard InChI is InChI=1S/C22H22N4O4/c1-23-19(28)15-7-4-9-16(12-15)24-18(27)13-26-20(29)22(25-21(26)30)11-5-8-14-6-2-3-10-17(14)22/h2-4,6-7,9-10,12H,5,8,11,13H2,1H3,(H,23,28)(H,24,27)(H,25,30)/t22-/m0/s1. The van der Waals surface area contributed by atoms with Crippen LogP contribution in [0.5, 0.6) is 0 Å². The molecule has 1 fully saturated rings. The lowest BCUT2D eigenvalue weighted by molar-refractivity contribution is -0.134. The molecule has 1 spiro atoms. The molecule has 0 aromatic heterocycles. The number of imide groups is 1. The predicted molar refractivity (Wildman–Crippen MR) is 110 cm³/mol. The SMILES string of the molecule is CNC(=O)c1cccc(NC(=O)CN2C(=O)N[C@]3(CCCc4ccccc43)C2=O)c1. The van der Waals surface area contributed by atoms with E-state index in [2.05, 4.69) is 16.0 Å². The lowest BCUT2D eigenvalue weighted by Crippen LogP contribution is -2.47. The number of benzene rings is 2. The van der Waals surface area contributed by atoms with Gasteiger partial charge in [0.15, 0.2) is 0 Å². The second-order valence-electron chi connectivity index (χ2n) is 7.45. The Labute approximate surface area is 173 Å². The first kappa shape index (κ1) is 19.6. The van der Waals surface area contributed by atoms with Crippen LogP contribution in [0.15, 0.2) is 48.5 Å². The maximum atomic E-state index is 13.2. The van der Waals surface area contributed by atoms with Gasteiger partial charge >= 0.3 is 6.03 Å². The summed E-state index contributed by atoms with van der Waals surface area (Å²) in [5.74, 6) is -1.21. The van der Waals surface area contributed by atoms with E-state index >= 15 is 0 Å². The molecule has 8 nitrogen and oxygen atoms in total. The number of amides is 5. The molecule has 1 heterocycles. The molecule has 2 aliphatic rings. The van der Waals surface area contributed by atoms with Gasteiger partial charge in [-0.15, -0.1) is 0 Å². The first-order valence-electron chi connectivity index (χ1n) is 9.79. The molecule has 8 heteroatoms. The van der Waals surface area contributed by atoms with Crippen molar-refractivity contribution in [3.8, 4) is 0 Å². The van der Waals surface area contributed by atoms with Gasteiger partial charge in [0.05, 0.1) is 0 Å². The Morgan fingerprint density at radius 3 is 2.73 bits per heavy atom. The second-order valence-corrected chi connectivity index (χ2v) is 7.45. The van der Waals surface area contributed by atoms with Crippen LogP contribution in [0.3, 0.4) is 0 Å². The highest BCUT2D eigenvalue weighted by molar-refractivity contribution is 6.10. The second kappa shape index (κ2) is 7.62. The highest BCUT2D eigenvalue weighted by atomic mass is 16.2. The molecule has 30 heavy (non-hydrogen) atoms. The van der Waals surface area contributed by atoms with Crippen molar-refractivity contribution >= 4 is 29.4 Å². The lowest BCUT2D eigenvalue weighted by atomic mass is 9.76. The molecule has 0 bridgehead atoms. The Hall–Kier alpha value is -3.68. The van der Waals surface area contributed by atoms with E-state index in [9.17, 15) is 19.2 Å². The van der Waals surface area contributed by atoms with E-state index in [0.717, 1.165) is 28.9 Å². The number of hydrogen-bond acceptors (Lipinski definition) is 4. The highest BCUT2D eigenvalue weighted by Gasteiger charge is 2.54. The summed E-state index contributed by atoms with van der Waals surface area (Å²) < 4.78 is 0. The quantitative estimate of drug-likeness (QED) is 0.673. The third-order valence-electron chi connectivity index (χ3n) is 5.59. The number of hydrogen-bond donors (Lipinski definition) is 3. The fourth-order valence-electron chi connectivity index (χ4n) is 4.18. The molecule has 154 valence electrons. The molecule has 1 atom stereocenters. The molecular weight excluding hydrogens is 384 g/mol. The number of carbonyl (C=O) groups excluding carboxylic acids is 4. The number of carbonyl (C=O) groups is 4. The molecule has 3 N–H and O–H groups in total. The monoisotopic (exact) mass is 406 g/mol. The van der Waals surface area contributed by atoms with Gasteiger partial charge in [-0.05, 0) is 48.6 Å². The van der Waals surface area contributed by atoms with Gasteiger partial charge in [0.1, 0.15) is 12.1 Å². The minimum absolute atomic E-state index is 0.280. The van der Waals surface area contributed by atoms with Gasteiger partial charge in [0, 0.05) is 18.3 Å². The van der Waals surface area contributed by atoms with Gasteiger partial charge in [-0.3, -0.25) is 19.3 Å². The maximum Gasteiger partial charge on any atom is 0.325 e. The van der Waals surface area contributed by atoms with E-state index < -0.39 is 29.9 Å². The molecule has 2 aromatic rings. The average Bonchev–Trinajstić information content (AvgIpc) is 2.98. The van der Waals surface area contributed by atoms with E-state index in [-0.39, 0.29) is 5.91 Å². The number of aryl methyl sites for hydroxylation is 1. The minimum atomic E-state index is -1.11. The summed E-state index contributed by atoms with van der Waals surface area (Å²) in [7, 11) is 1.52. The Balaban J connectivity index is 1.51. The molecule has 1 aliphatic heterocycles. The zero-order valence-electron chi connectivity index (χ0n) is 16.5. The van der Waals surface area contributed by atoms with E-state index in [1.807, 2.05) is 24.3 Å². The van der Waals surface area contributed by atoms with Crippen molar-refractivity contribution in [2.45, 2.75) is 24.8 Å². The normalized spacial score (nSPS) is 20.0. The number of nitrogens with one attached hydrogen (secondary N) is 3. The Morgan fingerprint density at radius 2 is 1.93 bits per heavy atom. The summed E-state index contributed by atoms with van der Waals surface area (Å²) in [5, 5.41) is 7.99. The molecular formula is C22H22N4O4. The predicted octanol–water partition coefficient (Wildman–Crippen LogP) is 1.77. The number of urea groups is 1. The number of fused-ring (bicyclic) bond motifs is 2. The zero-order valence-corrected chi connectivity index (χ0v) is 16.5. The fourth-order valence-corrected chi connectivity index (χ4v) is 4.18. The zero-order chi connectivity index (χ0) is 21.3. The van der Waals surface area contributed by atoms with E-state index in [4.69, 9.17) is 0 Å². The van der Waals surface area contributed by atoms with Crippen LogP contribution in [0.4, 0.5) is 10.5 Å². The van der Waals surface area contributed by atoms with Crippen molar-refractivity contribution in [3.63, 3.8) is 0 Å². The van der Waals surface area contributed by atoms with Crippen molar-refractivity contribution in [1.29, 1.82) is 0 Å². The lowest BCUT2D eigenvalue weighted by Gasteiger charge is -2.33. The summed E-state index contributed by atoms with van der Waals surface area (Å²) in [5.41, 5.74) is 1.53. The van der Waals surface area contributed by atoms with Gasteiger partial charge in [0.25, 0.3) is 11.8 Å². The van der Waals surface area contributed by atoms with Gasteiger partial charge in [0.2, 0.25) is 5.91 Å². The Kier molecular flexibility index (Phi) is 4.99. The summed E-state index contributed by atoms with van der Waals surface area (Å²) in [6.07, 6.45) is 2.12. The Morgan fingerprint density at radius 1 is 1.13 bits per heavy atom.